The Morgan fingerprint density at radius 2 is 1.95 bits per heavy atom. The van der Waals surface area contributed by atoms with Crippen molar-refractivity contribution < 1.29 is 4.39 Å². The van der Waals surface area contributed by atoms with E-state index in [1.807, 2.05) is 6.07 Å². The van der Waals surface area contributed by atoms with Gasteiger partial charge >= 0.3 is 0 Å². The second kappa shape index (κ2) is 7.16. The van der Waals surface area contributed by atoms with Gasteiger partial charge in [-0.3, -0.25) is 0 Å². The summed E-state index contributed by atoms with van der Waals surface area (Å²) in [4.78, 5) is 8.78. The van der Waals surface area contributed by atoms with Crippen molar-refractivity contribution in [2.75, 3.05) is 11.9 Å². The molecule has 0 spiro atoms. The highest BCUT2D eigenvalue weighted by molar-refractivity contribution is 5.71. The van der Waals surface area contributed by atoms with E-state index in [2.05, 4.69) is 29.1 Å². The molecule has 1 heterocycles. The van der Waals surface area contributed by atoms with E-state index in [-0.39, 0.29) is 5.82 Å². The number of nitrogens with zero attached hydrogens (tertiary/aromatic N) is 2. The van der Waals surface area contributed by atoms with Crippen LogP contribution in [0.15, 0.2) is 24.5 Å². The van der Waals surface area contributed by atoms with Crippen LogP contribution in [-0.4, -0.2) is 16.5 Å². The summed E-state index contributed by atoms with van der Waals surface area (Å²) in [5.74, 6) is 0.670. The van der Waals surface area contributed by atoms with E-state index in [0.29, 0.717) is 5.56 Å². The minimum absolute atomic E-state index is 0.198. The van der Waals surface area contributed by atoms with E-state index in [0.717, 1.165) is 48.4 Å². The van der Waals surface area contributed by atoms with Crippen LogP contribution < -0.4 is 5.32 Å². The minimum Gasteiger partial charge on any atom is -0.370 e. The molecule has 0 atom stereocenters. The van der Waals surface area contributed by atoms with Crippen molar-refractivity contribution in [3.63, 3.8) is 0 Å². The Kier molecular flexibility index (Phi) is 5.26. The molecular formula is C17H22FN3. The molecule has 0 aliphatic heterocycles. The van der Waals surface area contributed by atoms with E-state index < -0.39 is 0 Å². The zero-order valence-electron chi connectivity index (χ0n) is 12.9. The monoisotopic (exact) mass is 287 g/mol. The normalized spacial score (nSPS) is 10.7. The van der Waals surface area contributed by atoms with Gasteiger partial charge in [0.2, 0.25) is 0 Å². The first-order chi connectivity index (χ1) is 10.2. The summed E-state index contributed by atoms with van der Waals surface area (Å²) < 4.78 is 13.8. The lowest BCUT2D eigenvalue weighted by molar-refractivity contribution is 0.619. The first-order valence-corrected chi connectivity index (χ1v) is 7.52. The maximum Gasteiger partial charge on any atom is 0.133 e. The topological polar surface area (TPSA) is 37.8 Å². The molecule has 112 valence electrons. The summed E-state index contributed by atoms with van der Waals surface area (Å²) in [7, 11) is 0. The predicted molar refractivity (Wildman–Crippen MR) is 84.9 cm³/mol. The summed E-state index contributed by atoms with van der Waals surface area (Å²) in [5.41, 5.74) is 3.39. The first kappa shape index (κ1) is 15.4. The van der Waals surface area contributed by atoms with Crippen LogP contribution in [0.1, 0.15) is 37.8 Å². The predicted octanol–water partition coefficient (Wildman–Crippen LogP) is 4.37. The number of aromatic nitrogens is 2. The van der Waals surface area contributed by atoms with Crippen LogP contribution >= 0.6 is 0 Å². The highest BCUT2D eigenvalue weighted by Crippen LogP contribution is 2.30. The SMILES string of the molecule is CCCNc1ncnc(-c2cccc(F)c2C)c1CCC. The average molecular weight is 287 g/mol. The molecule has 21 heavy (non-hydrogen) atoms. The van der Waals surface area contributed by atoms with Crippen LogP contribution in [0.2, 0.25) is 0 Å². The number of nitrogens with one attached hydrogen (secondary N) is 1. The van der Waals surface area contributed by atoms with Crippen molar-refractivity contribution in [1.82, 2.24) is 9.97 Å². The summed E-state index contributed by atoms with van der Waals surface area (Å²) in [6.07, 6.45) is 4.45. The minimum atomic E-state index is -0.198. The van der Waals surface area contributed by atoms with E-state index in [9.17, 15) is 4.39 Å². The van der Waals surface area contributed by atoms with Crippen LogP contribution in [0.3, 0.4) is 0 Å². The molecule has 2 rings (SSSR count). The number of rotatable bonds is 6. The molecule has 2 aromatic rings. The van der Waals surface area contributed by atoms with Gasteiger partial charge in [-0.15, -0.1) is 0 Å². The maximum absolute atomic E-state index is 13.8. The van der Waals surface area contributed by atoms with E-state index >= 15 is 0 Å². The molecule has 0 fully saturated rings. The maximum atomic E-state index is 13.8. The lowest BCUT2D eigenvalue weighted by atomic mass is 9.98. The van der Waals surface area contributed by atoms with E-state index in [1.54, 1.807) is 19.3 Å². The Labute approximate surface area is 125 Å². The zero-order chi connectivity index (χ0) is 15.2. The molecule has 0 aliphatic rings. The third-order valence-electron chi connectivity index (χ3n) is 3.51. The fraction of sp³-hybridized carbons (Fsp3) is 0.412. The number of anilines is 1. The number of benzene rings is 1. The molecule has 0 saturated carbocycles. The third-order valence-corrected chi connectivity index (χ3v) is 3.51. The van der Waals surface area contributed by atoms with Crippen LogP contribution in [0.5, 0.6) is 0 Å². The highest BCUT2D eigenvalue weighted by Gasteiger charge is 2.15. The average Bonchev–Trinajstić information content (AvgIpc) is 2.49. The summed E-state index contributed by atoms with van der Waals surface area (Å²) in [5, 5.41) is 3.35. The fourth-order valence-corrected chi connectivity index (χ4v) is 2.39. The van der Waals surface area contributed by atoms with Crippen molar-refractivity contribution in [3.8, 4) is 11.3 Å². The van der Waals surface area contributed by atoms with Gasteiger partial charge in [0, 0.05) is 17.7 Å². The van der Waals surface area contributed by atoms with E-state index in [1.165, 1.54) is 6.07 Å². The van der Waals surface area contributed by atoms with Crippen LogP contribution in [-0.2, 0) is 6.42 Å². The van der Waals surface area contributed by atoms with Crippen molar-refractivity contribution in [3.05, 3.63) is 41.5 Å². The van der Waals surface area contributed by atoms with Crippen LogP contribution in [0, 0.1) is 12.7 Å². The Balaban J connectivity index is 2.54. The molecule has 1 aromatic heterocycles. The smallest absolute Gasteiger partial charge is 0.133 e. The molecule has 1 N–H and O–H groups in total. The van der Waals surface area contributed by atoms with Gasteiger partial charge in [-0.25, -0.2) is 14.4 Å². The Bertz CT molecular complexity index is 611. The molecule has 1 aromatic carbocycles. The van der Waals surface area contributed by atoms with Crippen LogP contribution in [0.4, 0.5) is 10.2 Å². The van der Waals surface area contributed by atoms with E-state index in [4.69, 9.17) is 0 Å². The first-order valence-electron chi connectivity index (χ1n) is 7.52. The van der Waals surface area contributed by atoms with Gasteiger partial charge in [-0.2, -0.15) is 0 Å². The lowest BCUT2D eigenvalue weighted by Crippen LogP contribution is -2.08. The van der Waals surface area contributed by atoms with Crippen molar-refractivity contribution in [1.29, 1.82) is 0 Å². The molecule has 3 nitrogen and oxygen atoms in total. The van der Waals surface area contributed by atoms with Gasteiger partial charge in [-0.05, 0) is 31.4 Å². The second-order valence-electron chi connectivity index (χ2n) is 5.14. The number of halogens is 1. The Morgan fingerprint density at radius 3 is 2.67 bits per heavy atom. The molecule has 0 saturated heterocycles. The molecular weight excluding hydrogens is 265 g/mol. The van der Waals surface area contributed by atoms with Crippen LogP contribution in [0.25, 0.3) is 11.3 Å². The largest absolute Gasteiger partial charge is 0.370 e. The second-order valence-corrected chi connectivity index (χ2v) is 5.14. The molecule has 0 radical (unpaired) electrons. The fourth-order valence-electron chi connectivity index (χ4n) is 2.39. The molecule has 0 unspecified atom stereocenters. The van der Waals surface area contributed by atoms with Crippen molar-refractivity contribution >= 4 is 5.82 Å². The Hall–Kier alpha value is -1.97. The molecule has 4 heteroatoms. The van der Waals surface area contributed by atoms with Crippen molar-refractivity contribution in [2.24, 2.45) is 0 Å². The van der Waals surface area contributed by atoms with Gasteiger partial charge in [0.1, 0.15) is 18.0 Å². The molecule has 0 bridgehead atoms. The molecule has 0 amide bonds. The lowest BCUT2D eigenvalue weighted by Gasteiger charge is -2.15. The highest BCUT2D eigenvalue weighted by atomic mass is 19.1. The summed E-state index contributed by atoms with van der Waals surface area (Å²) in [6, 6.07) is 5.13. The van der Waals surface area contributed by atoms with Gasteiger partial charge < -0.3 is 5.32 Å². The summed E-state index contributed by atoms with van der Waals surface area (Å²) in [6.45, 7) is 6.90. The molecule has 0 aliphatic carbocycles. The quantitative estimate of drug-likeness (QED) is 0.857. The van der Waals surface area contributed by atoms with Gasteiger partial charge in [0.15, 0.2) is 0 Å². The van der Waals surface area contributed by atoms with Crippen molar-refractivity contribution in [2.45, 2.75) is 40.0 Å². The summed E-state index contributed by atoms with van der Waals surface area (Å²) >= 11 is 0. The zero-order valence-corrected chi connectivity index (χ0v) is 12.9. The van der Waals surface area contributed by atoms with Gasteiger partial charge in [-0.1, -0.05) is 32.4 Å². The third kappa shape index (κ3) is 3.38. The number of hydrogen-bond donors (Lipinski definition) is 1. The van der Waals surface area contributed by atoms with Gasteiger partial charge in [0.25, 0.3) is 0 Å². The number of hydrogen-bond acceptors (Lipinski definition) is 3. The Morgan fingerprint density at radius 1 is 1.14 bits per heavy atom. The standard InChI is InChI=1S/C17H22FN3/c1-4-7-14-16(13-8-6-9-15(18)12(13)3)20-11-21-17(14)19-10-5-2/h6,8-9,11H,4-5,7,10H2,1-3H3,(H,19,20,21). The van der Waals surface area contributed by atoms with Gasteiger partial charge in [0.05, 0.1) is 5.69 Å².